The van der Waals surface area contributed by atoms with E-state index in [-0.39, 0.29) is 0 Å². The van der Waals surface area contributed by atoms with Crippen molar-refractivity contribution in [2.45, 2.75) is 32.7 Å². The number of hydrogen-bond donors (Lipinski definition) is 2. The van der Waals surface area contributed by atoms with Gasteiger partial charge >= 0.3 is 0 Å². The van der Waals surface area contributed by atoms with E-state index in [2.05, 4.69) is 40.6 Å². The molecule has 0 amide bonds. The molecule has 1 fully saturated rings. The van der Waals surface area contributed by atoms with Crippen molar-refractivity contribution in [3.63, 3.8) is 0 Å². The van der Waals surface area contributed by atoms with Crippen molar-refractivity contribution in [2.24, 2.45) is 5.92 Å². The maximum absolute atomic E-state index is 4.55. The zero-order valence-corrected chi connectivity index (χ0v) is 12.3. The molecule has 1 aliphatic heterocycles. The van der Waals surface area contributed by atoms with E-state index in [1.165, 1.54) is 12.8 Å². The minimum atomic E-state index is 0.341. The van der Waals surface area contributed by atoms with Crippen molar-refractivity contribution >= 4 is 16.7 Å². The number of anilines is 1. The molecule has 3 rings (SSSR count). The standard InChI is InChI=1S/C15H23N5/c1-11(2)20-15-13(9-19-20)7-14(10-18-15)17-8-12-3-5-16-6-4-12/h7,9-12,16-17H,3-6,8H2,1-2H3. The van der Waals surface area contributed by atoms with Gasteiger partial charge in [0.05, 0.1) is 18.1 Å². The van der Waals surface area contributed by atoms with Crippen molar-refractivity contribution < 1.29 is 0 Å². The molecule has 2 aromatic heterocycles. The predicted octanol–water partition coefficient (Wildman–Crippen LogP) is 2.42. The number of nitrogens with zero attached hydrogens (tertiary/aromatic N) is 3. The van der Waals surface area contributed by atoms with Gasteiger partial charge in [0.2, 0.25) is 0 Å². The molecule has 108 valence electrons. The van der Waals surface area contributed by atoms with E-state index in [0.717, 1.165) is 42.3 Å². The summed E-state index contributed by atoms with van der Waals surface area (Å²) in [6.45, 7) is 7.57. The highest BCUT2D eigenvalue weighted by Crippen LogP contribution is 2.20. The molecule has 0 unspecified atom stereocenters. The summed E-state index contributed by atoms with van der Waals surface area (Å²) in [5, 5.41) is 12.4. The molecule has 0 aromatic carbocycles. The average Bonchev–Trinajstić information content (AvgIpc) is 2.89. The van der Waals surface area contributed by atoms with Gasteiger partial charge < -0.3 is 10.6 Å². The van der Waals surface area contributed by atoms with E-state index < -0.39 is 0 Å². The molecule has 5 heteroatoms. The lowest BCUT2D eigenvalue weighted by Crippen LogP contribution is -2.31. The summed E-state index contributed by atoms with van der Waals surface area (Å²) >= 11 is 0. The lowest BCUT2D eigenvalue weighted by atomic mass is 9.98. The molecule has 0 aliphatic carbocycles. The number of rotatable bonds is 4. The first kappa shape index (κ1) is 13.4. The predicted molar refractivity (Wildman–Crippen MR) is 82.0 cm³/mol. The molecular weight excluding hydrogens is 250 g/mol. The summed E-state index contributed by atoms with van der Waals surface area (Å²) < 4.78 is 1.96. The Morgan fingerprint density at radius 3 is 2.90 bits per heavy atom. The summed E-state index contributed by atoms with van der Waals surface area (Å²) in [5.74, 6) is 0.769. The van der Waals surface area contributed by atoms with E-state index in [1.54, 1.807) is 0 Å². The fourth-order valence-electron chi connectivity index (χ4n) is 2.76. The van der Waals surface area contributed by atoms with Gasteiger partial charge in [-0.3, -0.25) is 0 Å². The molecule has 5 nitrogen and oxygen atoms in total. The third kappa shape index (κ3) is 2.77. The van der Waals surface area contributed by atoms with Gasteiger partial charge in [0.25, 0.3) is 0 Å². The highest BCUT2D eigenvalue weighted by Gasteiger charge is 2.13. The largest absolute Gasteiger partial charge is 0.384 e. The second kappa shape index (κ2) is 5.79. The van der Waals surface area contributed by atoms with E-state index in [4.69, 9.17) is 0 Å². The van der Waals surface area contributed by atoms with Crippen LogP contribution in [0.5, 0.6) is 0 Å². The second-order valence-corrected chi connectivity index (χ2v) is 5.89. The summed E-state index contributed by atoms with van der Waals surface area (Å²) in [5.41, 5.74) is 2.06. The Hall–Kier alpha value is -1.62. The number of nitrogens with one attached hydrogen (secondary N) is 2. The quantitative estimate of drug-likeness (QED) is 0.898. The molecule has 3 heterocycles. The van der Waals surface area contributed by atoms with Gasteiger partial charge in [-0.1, -0.05) is 0 Å². The second-order valence-electron chi connectivity index (χ2n) is 5.89. The lowest BCUT2D eigenvalue weighted by Gasteiger charge is -2.23. The molecule has 2 N–H and O–H groups in total. The van der Waals surface area contributed by atoms with Gasteiger partial charge in [0.1, 0.15) is 0 Å². The Balaban J connectivity index is 1.69. The van der Waals surface area contributed by atoms with Crippen LogP contribution in [0.1, 0.15) is 32.7 Å². The minimum absolute atomic E-state index is 0.341. The van der Waals surface area contributed by atoms with Crippen molar-refractivity contribution in [1.29, 1.82) is 0 Å². The van der Waals surface area contributed by atoms with Gasteiger partial charge in [-0.05, 0) is 51.8 Å². The van der Waals surface area contributed by atoms with Crippen LogP contribution in [-0.2, 0) is 0 Å². The zero-order chi connectivity index (χ0) is 13.9. The fourth-order valence-corrected chi connectivity index (χ4v) is 2.76. The fraction of sp³-hybridized carbons (Fsp3) is 0.600. The molecule has 0 atom stereocenters. The third-order valence-corrected chi connectivity index (χ3v) is 3.98. The van der Waals surface area contributed by atoms with E-state index in [9.17, 15) is 0 Å². The van der Waals surface area contributed by atoms with Gasteiger partial charge in [0, 0.05) is 18.0 Å². The third-order valence-electron chi connectivity index (χ3n) is 3.98. The van der Waals surface area contributed by atoms with Crippen LogP contribution in [0.3, 0.4) is 0 Å². The van der Waals surface area contributed by atoms with Crippen molar-refractivity contribution in [2.75, 3.05) is 25.0 Å². The summed E-state index contributed by atoms with van der Waals surface area (Å²) in [4.78, 5) is 4.55. The van der Waals surface area contributed by atoms with Crippen molar-refractivity contribution in [3.8, 4) is 0 Å². The van der Waals surface area contributed by atoms with Crippen LogP contribution in [0.4, 0.5) is 5.69 Å². The monoisotopic (exact) mass is 273 g/mol. The van der Waals surface area contributed by atoms with Gasteiger partial charge in [-0.25, -0.2) is 9.67 Å². The lowest BCUT2D eigenvalue weighted by molar-refractivity contribution is 0.390. The summed E-state index contributed by atoms with van der Waals surface area (Å²) in [6.07, 6.45) is 6.34. The molecule has 1 aliphatic rings. The van der Waals surface area contributed by atoms with Crippen LogP contribution in [0, 0.1) is 5.92 Å². The first-order valence-electron chi connectivity index (χ1n) is 7.52. The highest BCUT2D eigenvalue weighted by atomic mass is 15.3. The normalized spacial score (nSPS) is 16.9. The Bertz CT molecular complexity index is 569. The van der Waals surface area contributed by atoms with E-state index in [1.807, 2.05) is 17.1 Å². The first-order valence-corrected chi connectivity index (χ1v) is 7.52. The van der Waals surface area contributed by atoms with Gasteiger partial charge in [0.15, 0.2) is 5.65 Å². The Kier molecular flexibility index (Phi) is 3.87. The highest BCUT2D eigenvalue weighted by molar-refractivity contribution is 5.78. The summed E-state index contributed by atoms with van der Waals surface area (Å²) in [6, 6.07) is 2.49. The van der Waals surface area contributed by atoms with Gasteiger partial charge in [-0.2, -0.15) is 5.10 Å². The SMILES string of the molecule is CC(C)n1ncc2cc(NCC3CCNCC3)cnc21. The smallest absolute Gasteiger partial charge is 0.158 e. The topological polar surface area (TPSA) is 54.8 Å². The number of hydrogen-bond acceptors (Lipinski definition) is 4. The molecule has 0 saturated carbocycles. The van der Waals surface area contributed by atoms with Crippen LogP contribution >= 0.6 is 0 Å². The van der Waals surface area contributed by atoms with Gasteiger partial charge in [-0.15, -0.1) is 0 Å². The number of fused-ring (bicyclic) bond motifs is 1. The number of aromatic nitrogens is 3. The number of pyridine rings is 1. The Morgan fingerprint density at radius 1 is 1.35 bits per heavy atom. The van der Waals surface area contributed by atoms with Crippen molar-refractivity contribution in [3.05, 3.63) is 18.5 Å². The maximum Gasteiger partial charge on any atom is 0.158 e. The first-order chi connectivity index (χ1) is 9.74. The van der Waals surface area contributed by atoms with Crippen LogP contribution < -0.4 is 10.6 Å². The molecule has 0 spiro atoms. The van der Waals surface area contributed by atoms with Crippen molar-refractivity contribution in [1.82, 2.24) is 20.1 Å². The molecule has 2 aromatic rings. The molecular formula is C15H23N5. The molecule has 0 radical (unpaired) electrons. The Labute approximate surface area is 119 Å². The van der Waals surface area contributed by atoms with E-state index in [0.29, 0.717) is 6.04 Å². The Morgan fingerprint density at radius 2 is 2.15 bits per heavy atom. The van der Waals surface area contributed by atoms with Crippen LogP contribution in [-0.4, -0.2) is 34.4 Å². The molecule has 1 saturated heterocycles. The maximum atomic E-state index is 4.55. The molecule has 20 heavy (non-hydrogen) atoms. The van der Waals surface area contributed by atoms with Crippen LogP contribution in [0.15, 0.2) is 18.5 Å². The zero-order valence-electron chi connectivity index (χ0n) is 12.3. The average molecular weight is 273 g/mol. The van der Waals surface area contributed by atoms with E-state index >= 15 is 0 Å². The summed E-state index contributed by atoms with van der Waals surface area (Å²) in [7, 11) is 0. The molecule has 0 bridgehead atoms. The minimum Gasteiger partial charge on any atom is -0.384 e. The van der Waals surface area contributed by atoms with Crippen LogP contribution in [0.25, 0.3) is 11.0 Å². The van der Waals surface area contributed by atoms with Crippen LogP contribution in [0.2, 0.25) is 0 Å². The number of piperidine rings is 1.